The molecule has 0 spiro atoms. The van der Waals surface area contributed by atoms with Gasteiger partial charge in [0.1, 0.15) is 0 Å². The standard InChI is InChI=1S/C13H19NO3S/c1-10-2-6-12(7-3-10)18(16,17)14-9-8-13(15)11-4-5-11/h2-3,6-7,11,13-15H,4-5,8-9H2,1H3. The molecule has 0 saturated heterocycles. The van der Waals surface area contributed by atoms with Crippen molar-refractivity contribution in [3.63, 3.8) is 0 Å². The summed E-state index contributed by atoms with van der Waals surface area (Å²) >= 11 is 0. The number of hydrogen-bond donors (Lipinski definition) is 2. The molecular formula is C13H19NO3S. The van der Waals surface area contributed by atoms with Crippen molar-refractivity contribution in [1.29, 1.82) is 0 Å². The summed E-state index contributed by atoms with van der Waals surface area (Å²) in [4.78, 5) is 0.272. The Kier molecular flexibility index (Phi) is 4.04. The van der Waals surface area contributed by atoms with Gasteiger partial charge in [0, 0.05) is 6.54 Å². The van der Waals surface area contributed by atoms with E-state index >= 15 is 0 Å². The van der Waals surface area contributed by atoms with Gasteiger partial charge in [-0.05, 0) is 44.2 Å². The van der Waals surface area contributed by atoms with Crippen molar-refractivity contribution >= 4 is 10.0 Å². The van der Waals surface area contributed by atoms with Crippen LogP contribution in [-0.4, -0.2) is 26.2 Å². The van der Waals surface area contributed by atoms with Gasteiger partial charge in [0.25, 0.3) is 0 Å². The summed E-state index contributed by atoms with van der Waals surface area (Å²) in [7, 11) is -3.44. The molecule has 18 heavy (non-hydrogen) atoms. The van der Waals surface area contributed by atoms with Crippen molar-refractivity contribution in [2.45, 2.75) is 37.2 Å². The van der Waals surface area contributed by atoms with E-state index in [-0.39, 0.29) is 17.5 Å². The first kappa shape index (κ1) is 13.5. The minimum absolute atomic E-state index is 0.272. The predicted octanol–water partition coefficient (Wildman–Crippen LogP) is 1.43. The van der Waals surface area contributed by atoms with Crippen molar-refractivity contribution in [3.05, 3.63) is 29.8 Å². The Morgan fingerprint density at radius 1 is 1.33 bits per heavy atom. The van der Waals surface area contributed by atoms with E-state index in [1.54, 1.807) is 24.3 Å². The first-order chi connectivity index (χ1) is 8.49. The predicted molar refractivity (Wildman–Crippen MR) is 69.7 cm³/mol. The van der Waals surface area contributed by atoms with Gasteiger partial charge < -0.3 is 5.11 Å². The van der Waals surface area contributed by atoms with Crippen LogP contribution in [0.3, 0.4) is 0 Å². The SMILES string of the molecule is Cc1ccc(S(=O)(=O)NCCC(O)C2CC2)cc1. The molecule has 2 rings (SSSR count). The summed E-state index contributed by atoms with van der Waals surface area (Å²) in [5.41, 5.74) is 1.03. The van der Waals surface area contributed by atoms with Gasteiger partial charge in [-0.2, -0.15) is 0 Å². The molecule has 5 heteroatoms. The molecule has 1 aromatic rings. The third-order valence-electron chi connectivity index (χ3n) is 3.23. The number of hydrogen-bond acceptors (Lipinski definition) is 3. The molecule has 2 N–H and O–H groups in total. The lowest BCUT2D eigenvalue weighted by molar-refractivity contribution is 0.143. The highest BCUT2D eigenvalue weighted by molar-refractivity contribution is 7.89. The molecule has 4 nitrogen and oxygen atoms in total. The second-order valence-electron chi connectivity index (χ2n) is 4.90. The first-order valence-electron chi connectivity index (χ1n) is 6.23. The highest BCUT2D eigenvalue weighted by atomic mass is 32.2. The van der Waals surface area contributed by atoms with Gasteiger partial charge in [0.15, 0.2) is 0 Å². The third-order valence-corrected chi connectivity index (χ3v) is 4.71. The van der Waals surface area contributed by atoms with Crippen LogP contribution in [0, 0.1) is 12.8 Å². The fourth-order valence-electron chi connectivity index (χ4n) is 1.86. The highest BCUT2D eigenvalue weighted by Crippen LogP contribution is 2.33. The molecule has 1 aliphatic carbocycles. The molecule has 100 valence electrons. The van der Waals surface area contributed by atoms with Crippen molar-refractivity contribution in [3.8, 4) is 0 Å². The molecule has 1 saturated carbocycles. The molecule has 1 unspecified atom stereocenters. The maximum Gasteiger partial charge on any atom is 0.240 e. The number of sulfonamides is 1. The number of rotatable bonds is 6. The van der Waals surface area contributed by atoms with Gasteiger partial charge in [-0.25, -0.2) is 13.1 Å². The number of aliphatic hydroxyl groups is 1. The van der Waals surface area contributed by atoms with Crippen LogP contribution in [0.4, 0.5) is 0 Å². The normalized spacial score (nSPS) is 17.7. The Morgan fingerprint density at radius 2 is 1.94 bits per heavy atom. The van der Waals surface area contributed by atoms with Gasteiger partial charge >= 0.3 is 0 Å². The Hall–Kier alpha value is -0.910. The van der Waals surface area contributed by atoms with Crippen LogP contribution in [-0.2, 0) is 10.0 Å². The molecule has 1 atom stereocenters. The van der Waals surface area contributed by atoms with Crippen LogP contribution >= 0.6 is 0 Å². The zero-order valence-electron chi connectivity index (χ0n) is 10.5. The van der Waals surface area contributed by atoms with E-state index in [1.807, 2.05) is 6.92 Å². The second kappa shape index (κ2) is 5.38. The quantitative estimate of drug-likeness (QED) is 0.821. The number of aryl methyl sites for hydroxylation is 1. The lowest BCUT2D eigenvalue weighted by atomic mass is 10.2. The van der Waals surface area contributed by atoms with Crippen molar-refractivity contribution in [2.75, 3.05) is 6.54 Å². The molecule has 1 fully saturated rings. The summed E-state index contributed by atoms with van der Waals surface area (Å²) < 4.78 is 26.4. The van der Waals surface area contributed by atoms with Gasteiger partial charge in [0.05, 0.1) is 11.0 Å². The molecule has 0 bridgehead atoms. The van der Waals surface area contributed by atoms with Gasteiger partial charge in [-0.1, -0.05) is 17.7 Å². The molecule has 0 heterocycles. The summed E-state index contributed by atoms with van der Waals surface area (Å²) in [5, 5.41) is 9.66. The van der Waals surface area contributed by atoms with E-state index in [1.165, 1.54) is 0 Å². The molecule has 1 aromatic carbocycles. The maximum atomic E-state index is 11.9. The average Bonchev–Trinajstić information content (AvgIpc) is 3.13. The van der Waals surface area contributed by atoms with Crippen LogP contribution in [0.15, 0.2) is 29.2 Å². The first-order valence-corrected chi connectivity index (χ1v) is 7.72. The lowest BCUT2D eigenvalue weighted by Crippen LogP contribution is -2.27. The topological polar surface area (TPSA) is 66.4 Å². The molecular weight excluding hydrogens is 250 g/mol. The molecule has 0 amide bonds. The van der Waals surface area contributed by atoms with Crippen LogP contribution in [0.1, 0.15) is 24.8 Å². The Balaban J connectivity index is 1.88. The van der Waals surface area contributed by atoms with Gasteiger partial charge in [-0.15, -0.1) is 0 Å². The van der Waals surface area contributed by atoms with Crippen molar-refractivity contribution in [2.24, 2.45) is 5.92 Å². The average molecular weight is 269 g/mol. The minimum Gasteiger partial charge on any atom is -0.393 e. The van der Waals surface area contributed by atoms with Gasteiger partial charge in [0.2, 0.25) is 10.0 Å². The fraction of sp³-hybridized carbons (Fsp3) is 0.538. The van der Waals surface area contributed by atoms with Crippen LogP contribution < -0.4 is 4.72 Å². The summed E-state index contributed by atoms with van der Waals surface area (Å²) in [6, 6.07) is 6.73. The van der Waals surface area contributed by atoms with Crippen molar-refractivity contribution in [1.82, 2.24) is 4.72 Å². The zero-order chi connectivity index (χ0) is 13.2. The van der Waals surface area contributed by atoms with E-state index in [4.69, 9.17) is 0 Å². The van der Waals surface area contributed by atoms with E-state index in [9.17, 15) is 13.5 Å². The highest BCUT2D eigenvalue weighted by Gasteiger charge is 2.29. The molecule has 0 aromatic heterocycles. The minimum atomic E-state index is -3.44. The van der Waals surface area contributed by atoms with Crippen LogP contribution in [0.5, 0.6) is 0 Å². The number of benzene rings is 1. The van der Waals surface area contributed by atoms with Gasteiger partial charge in [-0.3, -0.25) is 0 Å². The zero-order valence-corrected chi connectivity index (χ0v) is 11.3. The summed E-state index contributed by atoms with van der Waals surface area (Å²) in [6.07, 6.45) is 2.23. The Labute approximate surface area is 108 Å². The summed E-state index contributed by atoms with van der Waals surface area (Å²) in [6.45, 7) is 2.20. The monoisotopic (exact) mass is 269 g/mol. The lowest BCUT2D eigenvalue weighted by Gasteiger charge is -2.10. The Bertz CT molecular complexity index is 491. The molecule has 0 radical (unpaired) electrons. The molecule has 0 aliphatic heterocycles. The van der Waals surface area contributed by atoms with Crippen molar-refractivity contribution < 1.29 is 13.5 Å². The Morgan fingerprint density at radius 3 is 2.50 bits per heavy atom. The van der Waals surface area contributed by atoms with E-state index in [2.05, 4.69) is 4.72 Å². The second-order valence-corrected chi connectivity index (χ2v) is 6.67. The number of nitrogens with one attached hydrogen (secondary N) is 1. The van der Waals surface area contributed by atoms with E-state index < -0.39 is 10.0 Å². The third kappa shape index (κ3) is 3.54. The summed E-state index contributed by atoms with van der Waals surface area (Å²) in [5.74, 6) is 0.383. The maximum absolute atomic E-state index is 11.9. The van der Waals surface area contributed by atoms with Crippen LogP contribution in [0.25, 0.3) is 0 Å². The fourth-order valence-corrected chi connectivity index (χ4v) is 2.91. The van der Waals surface area contributed by atoms with Crippen LogP contribution in [0.2, 0.25) is 0 Å². The number of aliphatic hydroxyl groups excluding tert-OH is 1. The molecule has 1 aliphatic rings. The smallest absolute Gasteiger partial charge is 0.240 e. The van der Waals surface area contributed by atoms with E-state index in [0.717, 1.165) is 18.4 Å². The largest absolute Gasteiger partial charge is 0.393 e. The van der Waals surface area contributed by atoms with E-state index in [0.29, 0.717) is 12.3 Å².